The van der Waals surface area contributed by atoms with Crippen molar-refractivity contribution in [2.45, 2.75) is 25.4 Å². The molecule has 1 amide bonds. The molecule has 0 spiro atoms. The molecular weight excluding hydrogens is 448 g/mol. The number of nitrogens with one attached hydrogen (secondary N) is 1. The first-order valence-electron chi connectivity index (χ1n) is 10.9. The fourth-order valence-electron chi connectivity index (χ4n) is 3.76. The van der Waals surface area contributed by atoms with Crippen LogP contribution in [-0.2, 0) is 0 Å². The summed E-state index contributed by atoms with van der Waals surface area (Å²) in [4.78, 5) is 30.9. The third-order valence-electron chi connectivity index (χ3n) is 6.07. The minimum Gasteiger partial charge on any atom is -0.492 e. The Hall–Kier alpha value is -3.11. The van der Waals surface area contributed by atoms with Crippen LogP contribution in [0.1, 0.15) is 19.8 Å². The molecule has 1 aliphatic heterocycles. The lowest BCUT2D eigenvalue weighted by Crippen LogP contribution is -2.49. The molecule has 0 unspecified atom stereocenters. The molecule has 0 bridgehead atoms. The Bertz CT molecular complexity index is 1170. The van der Waals surface area contributed by atoms with Crippen LogP contribution in [0.2, 0.25) is 5.02 Å². The molecule has 3 aromatic rings. The molecule has 0 radical (unpaired) electrons. The van der Waals surface area contributed by atoms with Crippen LogP contribution >= 0.6 is 11.6 Å². The molecule has 5 rings (SSSR count). The highest BCUT2D eigenvalue weighted by atomic mass is 35.5. The molecule has 2 N–H and O–H groups in total. The van der Waals surface area contributed by atoms with Crippen molar-refractivity contribution in [3.63, 3.8) is 0 Å². The lowest BCUT2D eigenvalue weighted by Gasteiger charge is -2.32. The van der Waals surface area contributed by atoms with Gasteiger partial charge in [0.25, 0.3) is 0 Å². The number of hydrogen-bond donors (Lipinski definition) is 2. The third kappa shape index (κ3) is 4.81. The van der Waals surface area contributed by atoms with Crippen LogP contribution in [0.5, 0.6) is 11.6 Å². The third-order valence-corrected chi connectivity index (χ3v) is 6.38. The van der Waals surface area contributed by atoms with E-state index in [1.165, 1.54) is 11.2 Å². The van der Waals surface area contributed by atoms with Gasteiger partial charge in [-0.2, -0.15) is 4.98 Å². The number of benzene rings is 1. The smallest absolute Gasteiger partial charge is 0.407 e. The van der Waals surface area contributed by atoms with E-state index in [0.717, 1.165) is 24.9 Å². The zero-order valence-corrected chi connectivity index (χ0v) is 19.0. The molecule has 11 heteroatoms. The summed E-state index contributed by atoms with van der Waals surface area (Å²) in [7, 11) is 0. The van der Waals surface area contributed by atoms with Crippen LogP contribution in [0.4, 0.5) is 4.79 Å². The number of aromatic nitrogens is 4. The average molecular weight is 473 g/mol. The summed E-state index contributed by atoms with van der Waals surface area (Å²) in [5.41, 5.74) is 1.75. The minimum absolute atomic E-state index is 0.160. The van der Waals surface area contributed by atoms with Crippen LogP contribution in [0.25, 0.3) is 22.6 Å². The minimum atomic E-state index is -0.863. The largest absolute Gasteiger partial charge is 0.492 e. The van der Waals surface area contributed by atoms with Crippen LogP contribution in [0, 0.1) is 0 Å². The number of rotatable bonds is 7. The Morgan fingerprint density at radius 3 is 2.73 bits per heavy atom. The van der Waals surface area contributed by atoms with Crippen LogP contribution in [0.15, 0.2) is 24.5 Å². The maximum atomic E-state index is 11.0. The lowest BCUT2D eigenvalue weighted by molar-refractivity contribution is 0.0985. The molecule has 2 aromatic heterocycles. The molecule has 0 atom stereocenters. The normalized spacial score (nSPS) is 17.8. The summed E-state index contributed by atoms with van der Waals surface area (Å²) in [6.07, 6.45) is 2.60. The molecular formula is C22H25ClN6O4. The van der Waals surface area contributed by atoms with E-state index < -0.39 is 6.09 Å². The molecule has 2 aliphatic rings. The van der Waals surface area contributed by atoms with Gasteiger partial charge in [0.2, 0.25) is 5.88 Å². The quantitative estimate of drug-likeness (QED) is 0.538. The first-order valence-corrected chi connectivity index (χ1v) is 11.3. The maximum Gasteiger partial charge on any atom is 0.407 e. The fraction of sp³-hybridized carbons (Fsp3) is 0.455. The van der Waals surface area contributed by atoms with Crippen LogP contribution in [-0.4, -0.2) is 85.9 Å². The van der Waals surface area contributed by atoms with Gasteiger partial charge in [-0.15, -0.1) is 0 Å². The topological polar surface area (TPSA) is 117 Å². The monoisotopic (exact) mass is 472 g/mol. The summed E-state index contributed by atoms with van der Waals surface area (Å²) in [6, 6.07) is 5.48. The van der Waals surface area contributed by atoms with E-state index in [2.05, 4.69) is 31.8 Å². The molecule has 1 aliphatic carbocycles. The van der Waals surface area contributed by atoms with Gasteiger partial charge < -0.3 is 24.5 Å². The second-order valence-corrected chi connectivity index (χ2v) is 9.02. The number of amides is 1. The van der Waals surface area contributed by atoms with Gasteiger partial charge in [-0.25, -0.2) is 14.8 Å². The number of hydrogen-bond acceptors (Lipinski definition) is 7. The molecule has 3 heterocycles. The molecule has 1 aromatic carbocycles. The van der Waals surface area contributed by atoms with Crippen molar-refractivity contribution in [2.24, 2.45) is 0 Å². The summed E-state index contributed by atoms with van der Waals surface area (Å²) >= 11 is 6.54. The summed E-state index contributed by atoms with van der Waals surface area (Å²) in [5, 5.41) is 9.54. The van der Waals surface area contributed by atoms with Crippen molar-refractivity contribution in [3.8, 4) is 23.0 Å². The Balaban J connectivity index is 1.22. The van der Waals surface area contributed by atoms with Gasteiger partial charge in [0, 0.05) is 38.3 Å². The number of carboxylic acid groups (broad SMARTS) is 1. The van der Waals surface area contributed by atoms with Crippen molar-refractivity contribution >= 4 is 28.9 Å². The zero-order valence-electron chi connectivity index (χ0n) is 18.3. The van der Waals surface area contributed by atoms with Gasteiger partial charge in [-0.1, -0.05) is 11.6 Å². The van der Waals surface area contributed by atoms with E-state index in [1.807, 2.05) is 12.1 Å². The van der Waals surface area contributed by atoms with Gasteiger partial charge in [0.15, 0.2) is 5.65 Å². The molecule has 2 fully saturated rings. The van der Waals surface area contributed by atoms with E-state index in [4.69, 9.17) is 26.2 Å². The number of piperazine rings is 1. The highest BCUT2D eigenvalue weighted by molar-refractivity contribution is 6.33. The predicted octanol–water partition coefficient (Wildman–Crippen LogP) is 3.28. The second-order valence-electron chi connectivity index (χ2n) is 8.62. The first-order chi connectivity index (χ1) is 15.9. The van der Waals surface area contributed by atoms with E-state index in [-0.39, 0.29) is 5.60 Å². The maximum absolute atomic E-state index is 11.0. The zero-order chi connectivity index (χ0) is 23.0. The van der Waals surface area contributed by atoms with Gasteiger partial charge in [0.05, 0.1) is 5.02 Å². The van der Waals surface area contributed by atoms with Gasteiger partial charge in [-0.3, -0.25) is 4.90 Å². The van der Waals surface area contributed by atoms with E-state index in [0.29, 0.717) is 66.4 Å². The van der Waals surface area contributed by atoms with E-state index in [1.54, 1.807) is 6.07 Å². The number of H-pyrrole nitrogens is 1. The Morgan fingerprint density at radius 2 is 2.03 bits per heavy atom. The van der Waals surface area contributed by atoms with Crippen molar-refractivity contribution in [1.82, 2.24) is 29.7 Å². The SMILES string of the molecule is CC1(Oc2ncnc3nc(-c4ccc(OCCN5CCN(C(=O)O)CC5)cc4Cl)[nH]c23)CC1. The standard InChI is InChI=1S/C22H25ClN6O4/c1-22(4-5-22)33-20-17-19(24-13-25-20)27-18(26-17)15-3-2-14(12-16(15)23)32-11-10-28-6-8-29(9-7-28)21(30)31/h2-3,12-13H,4-11H2,1H3,(H,30,31)(H,24,25,26,27). The molecule has 1 saturated heterocycles. The van der Waals surface area contributed by atoms with Gasteiger partial charge in [0.1, 0.15) is 35.6 Å². The molecule has 10 nitrogen and oxygen atoms in total. The highest BCUT2D eigenvalue weighted by Gasteiger charge is 2.41. The van der Waals surface area contributed by atoms with Crippen molar-refractivity contribution < 1.29 is 19.4 Å². The number of ether oxygens (including phenoxy) is 2. The van der Waals surface area contributed by atoms with Crippen molar-refractivity contribution in [1.29, 1.82) is 0 Å². The fourth-order valence-corrected chi connectivity index (χ4v) is 4.02. The molecule has 1 saturated carbocycles. The first kappa shape index (κ1) is 21.7. The van der Waals surface area contributed by atoms with E-state index in [9.17, 15) is 4.79 Å². The Kier molecular flexibility index (Phi) is 5.71. The van der Waals surface area contributed by atoms with Crippen LogP contribution < -0.4 is 9.47 Å². The summed E-state index contributed by atoms with van der Waals surface area (Å²) in [6.45, 7) is 5.71. The second kappa shape index (κ2) is 8.68. The van der Waals surface area contributed by atoms with E-state index >= 15 is 0 Å². The molecule has 174 valence electrons. The predicted molar refractivity (Wildman–Crippen MR) is 122 cm³/mol. The van der Waals surface area contributed by atoms with Crippen LogP contribution in [0.3, 0.4) is 0 Å². The van der Waals surface area contributed by atoms with Crippen molar-refractivity contribution in [2.75, 3.05) is 39.3 Å². The van der Waals surface area contributed by atoms with Gasteiger partial charge >= 0.3 is 6.09 Å². The number of imidazole rings is 1. The molecule has 33 heavy (non-hydrogen) atoms. The number of fused-ring (bicyclic) bond motifs is 1. The Labute approximate surface area is 195 Å². The summed E-state index contributed by atoms with van der Waals surface area (Å²) in [5.74, 6) is 1.75. The number of carbonyl (C=O) groups is 1. The number of nitrogens with zero attached hydrogens (tertiary/aromatic N) is 5. The number of halogens is 1. The van der Waals surface area contributed by atoms with Crippen molar-refractivity contribution in [3.05, 3.63) is 29.5 Å². The number of aromatic amines is 1. The lowest BCUT2D eigenvalue weighted by atomic mass is 10.2. The van der Waals surface area contributed by atoms with Gasteiger partial charge in [-0.05, 0) is 38.0 Å². The average Bonchev–Trinajstić information content (AvgIpc) is 3.35. The summed E-state index contributed by atoms with van der Waals surface area (Å²) < 4.78 is 11.9. The Morgan fingerprint density at radius 1 is 1.24 bits per heavy atom. The highest BCUT2D eigenvalue weighted by Crippen LogP contribution is 2.40.